The van der Waals surface area contributed by atoms with E-state index in [1.807, 2.05) is 0 Å². The van der Waals surface area contributed by atoms with E-state index in [2.05, 4.69) is 13.8 Å². The maximum atomic E-state index is 11.0. The van der Waals surface area contributed by atoms with Gasteiger partial charge < -0.3 is 9.29 Å². The maximum absolute atomic E-state index is 11.0. The van der Waals surface area contributed by atoms with Crippen LogP contribution in [0.2, 0.25) is 0 Å². The van der Waals surface area contributed by atoms with Gasteiger partial charge in [0.1, 0.15) is 5.25 Å². The third kappa shape index (κ3) is 6.10. The lowest BCUT2D eigenvalue weighted by atomic mass is 10.1. The molecular formula is C9H17O4S-. The third-order valence-electron chi connectivity index (χ3n) is 1.79. The van der Waals surface area contributed by atoms with Crippen LogP contribution >= 0.6 is 0 Å². The SMILES string of the molecule is CC(C)CCCOC(=O)C(C)S(=O)[O-]. The van der Waals surface area contributed by atoms with E-state index in [1.54, 1.807) is 0 Å². The minimum Gasteiger partial charge on any atom is -0.772 e. The summed E-state index contributed by atoms with van der Waals surface area (Å²) < 4.78 is 25.5. The Kier molecular flexibility index (Phi) is 6.74. The second kappa shape index (κ2) is 6.95. The molecule has 0 N–H and O–H groups in total. The van der Waals surface area contributed by atoms with Crippen LogP contribution in [0.4, 0.5) is 0 Å². The standard InChI is InChI=1S/C9H18O4S/c1-7(2)5-4-6-13-9(10)8(3)14(11)12/h7-8H,4-6H2,1-3H3,(H,11,12)/p-1. The van der Waals surface area contributed by atoms with Crippen molar-refractivity contribution >= 4 is 17.0 Å². The molecule has 0 amide bonds. The monoisotopic (exact) mass is 221 g/mol. The quantitative estimate of drug-likeness (QED) is 0.384. The molecule has 14 heavy (non-hydrogen) atoms. The van der Waals surface area contributed by atoms with E-state index in [0.717, 1.165) is 12.8 Å². The third-order valence-corrected chi connectivity index (χ3v) is 2.56. The summed E-state index contributed by atoms with van der Waals surface area (Å²) in [6.07, 6.45) is 1.75. The number of hydrogen-bond donors (Lipinski definition) is 0. The fraction of sp³-hybridized carbons (Fsp3) is 0.889. The Labute approximate surface area is 87.3 Å². The normalized spacial score (nSPS) is 15.2. The van der Waals surface area contributed by atoms with Crippen LogP contribution in [0.1, 0.15) is 33.6 Å². The summed E-state index contributed by atoms with van der Waals surface area (Å²) in [5, 5.41) is -1.06. The molecule has 0 aliphatic heterocycles. The van der Waals surface area contributed by atoms with Gasteiger partial charge >= 0.3 is 5.97 Å². The molecule has 0 aromatic carbocycles. The highest BCUT2D eigenvalue weighted by molar-refractivity contribution is 7.80. The van der Waals surface area contributed by atoms with Crippen LogP contribution in [0.5, 0.6) is 0 Å². The van der Waals surface area contributed by atoms with Crippen LogP contribution in [0.25, 0.3) is 0 Å². The van der Waals surface area contributed by atoms with Crippen molar-refractivity contribution in [2.75, 3.05) is 6.61 Å². The molecule has 84 valence electrons. The van der Waals surface area contributed by atoms with E-state index in [4.69, 9.17) is 4.74 Å². The summed E-state index contributed by atoms with van der Waals surface area (Å²) in [5.41, 5.74) is 0. The number of carbonyl (C=O) groups excluding carboxylic acids is 1. The van der Waals surface area contributed by atoms with Crippen LogP contribution in [-0.2, 0) is 20.6 Å². The number of carbonyl (C=O) groups is 1. The molecule has 0 aliphatic carbocycles. The molecule has 5 heteroatoms. The molecule has 0 saturated carbocycles. The molecule has 0 saturated heterocycles. The van der Waals surface area contributed by atoms with Crippen LogP contribution in [0, 0.1) is 5.92 Å². The molecule has 0 heterocycles. The zero-order valence-corrected chi connectivity index (χ0v) is 9.63. The van der Waals surface area contributed by atoms with Gasteiger partial charge in [0.2, 0.25) is 0 Å². The first-order valence-corrected chi connectivity index (χ1v) is 5.83. The van der Waals surface area contributed by atoms with E-state index in [-0.39, 0.29) is 0 Å². The summed E-state index contributed by atoms with van der Waals surface area (Å²) in [6, 6.07) is 0. The molecule has 0 spiro atoms. The average Bonchev–Trinajstić information content (AvgIpc) is 2.10. The number of esters is 1. The molecule has 4 nitrogen and oxygen atoms in total. The maximum Gasteiger partial charge on any atom is 0.320 e. The van der Waals surface area contributed by atoms with Crippen molar-refractivity contribution in [2.24, 2.45) is 5.92 Å². The summed E-state index contributed by atoms with van der Waals surface area (Å²) in [4.78, 5) is 11.0. The summed E-state index contributed by atoms with van der Waals surface area (Å²) in [7, 11) is 0. The Morgan fingerprint density at radius 1 is 1.43 bits per heavy atom. The van der Waals surface area contributed by atoms with Gasteiger partial charge in [-0.05, 0) is 36.8 Å². The zero-order chi connectivity index (χ0) is 11.1. The van der Waals surface area contributed by atoms with Crippen molar-refractivity contribution < 1.29 is 18.3 Å². The summed E-state index contributed by atoms with van der Waals surface area (Å²) in [5.74, 6) is -0.0955. The predicted molar refractivity (Wildman–Crippen MR) is 53.4 cm³/mol. The lowest BCUT2D eigenvalue weighted by Gasteiger charge is -2.13. The fourth-order valence-corrected chi connectivity index (χ4v) is 1.09. The summed E-state index contributed by atoms with van der Waals surface area (Å²) >= 11 is -2.38. The number of ether oxygens (including phenoxy) is 1. The van der Waals surface area contributed by atoms with E-state index >= 15 is 0 Å². The minimum absolute atomic E-state index is 0.304. The molecule has 0 fully saturated rings. The number of hydrogen-bond acceptors (Lipinski definition) is 4. The number of rotatable bonds is 6. The Balaban J connectivity index is 3.59. The van der Waals surface area contributed by atoms with Gasteiger partial charge in [-0.15, -0.1) is 0 Å². The van der Waals surface area contributed by atoms with Crippen LogP contribution in [0.15, 0.2) is 0 Å². The van der Waals surface area contributed by atoms with E-state index in [9.17, 15) is 13.6 Å². The Morgan fingerprint density at radius 3 is 2.43 bits per heavy atom. The smallest absolute Gasteiger partial charge is 0.320 e. The van der Waals surface area contributed by atoms with Gasteiger partial charge in [0.15, 0.2) is 0 Å². The van der Waals surface area contributed by atoms with Crippen molar-refractivity contribution in [3.63, 3.8) is 0 Å². The van der Waals surface area contributed by atoms with E-state index in [0.29, 0.717) is 12.5 Å². The van der Waals surface area contributed by atoms with E-state index in [1.165, 1.54) is 6.92 Å². The first-order chi connectivity index (χ1) is 6.45. The van der Waals surface area contributed by atoms with Gasteiger partial charge in [0.25, 0.3) is 0 Å². The lowest BCUT2D eigenvalue weighted by molar-refractivity contribution is -0.143. The molecule has 2 unspecified atom stereocenters. The van der Waals surface area contributed by atoms with Crippen molar-refractivity contribution in [1.82, 2.24) is 0 Å². The van der Waals surface area contributed by atoms with Crippen molar-refractivity contribution in [1.29, 1.82) is 0 Å². The first-order valence-electron chi connectivity index (χ1n) is 4.69. The Bertz CT molecular complexity index is 203. The second-order valence-corrected chi connectivity index (χ2v) is 4.83. The van der Waals surface area contributed by atoms with Gasteiger partial charge in [-0.2, -0.15) is 0 Å². The highest BCUT2D eigenvalue weighted by atomic mass is 32.2. The Morgan fingerprint density at radius 2 is 2.00 bits per heavy atom. The predicted octanol–water partition coefficient (Wildman–Crippen LogP) is 1.23. The van der Waals surface area contributed by atoms with Gasteiger partial charge in [-0.25, -0.2) is 0 Å². The first kappa shape index (κ1) is 13.6. The van der Waals surface area contributed by atoms with Gasteiger partial charge in [0.05, 0.1) is 6.61 Å². The van der Waals surface area contributed by atoms with Gasteiger partial charge in [-0.1, -0.05) is 13.8 Å². The molecular weight excluding hydrogens is 204 g/mol. The van der Waals surface area contributed by atoms with Crippen molar-refractivity contribution in [3.05, 3.63) is 0 Å². The largest absolute Gasteiger partial charge is 0.772 e. The van der Waals surface area contributed by atoms with Crippen molar-refractivity contribution in [3.8, 4) is 0 Å². The molecule has 0 radical (unpaired) electrons. The highest BCUT2D eigenvalue weighted by Gasteiger charge is 2.14. The molecule has 0 aliphatic rings. The lowest BCUT2D eigenvalue weighted by Crippen LogP contribution is -2.25. The van der Waals surface area contributed by atoms with Gasteiger partial charge in [0, 0.05) is 0 Å². The van der Waals surface area contributed by atoms with E-state index < -0.39 is 22.3 Å². The van der Waals surface area contributed by atoms with Crippen molar-refractivity contribution in [2.45, 2.75) is 38.9 Å². The topological polar surface area (TPSA) is 66.4 Å². The minimum atomic E-state index is -2.38. The fourth-order valence-electron chi connectivity index (χ4n) is 0.860. The molecule has 0 bridgehead atoms. The molecule has 0 rings (SSSR count). The molecule has 0 aromatic rings. The van der Waals surface area contributed by atoms with Crippen LogP contribution < -0.4 is 0 Å². The molecule has 2 atom stereocenters. The van der Waals surface area contributed by atoms with Crippen LogP contribution in [0.3, 0.4) is 0 Å². The van der Waals surface area contributed by atoms with Crippen LogP contribution in [-0.4, -0.2) is 26.6 Å². The average molecular weight is 221 g/mol. The molecule has 0 aromatic heterocycles. The zero-order valence-electron chi connectivity index (χ0n) is 8.82. The highest BCUT2D eigenvalue weighted by Crippen LogP contribution is 2.04. The Hall–Kier alpha value is -0.420. The summed E-state index contributed by atoms with van der Waals surface area (Å²) in [6.45, 7) is 5.78. The van der Waals surface area contributed by atoms with Gasteiger partial charge in [-0.3, -0.25) is 9.00 Å². The second-order valence-electron chi connectivity index (χ2n) is 3.61.